The first-order valence-corrected chi connectivity index (χ1v) is 13.8. The molecule has 0 radical (unpaired) electrons. The monoisotopic (exact) mass is 539 g/mol. The first-order valence-electron chi connectivity index (χ1n) is 11.5. The van der Waals surface area contributed by atoms with Gasteiger partial charge in [-0.05, 0) is 49.2 Å². The molecule has 198 valence electrons. The highest BCUT2D eigenvalue weighted by molar-refractivity contribution is 7.92. The summed E-state index contributed by atoms with van der Waals surface area (Å²) in [5, 5.41) is 3.12. The van der Waals surface area contributed by atoms with Gasteiger partial charge in [-0.25, -0.2) is 8.42 Å². The Labute approximate surface area is 218 Å². The molecule has 0 bridgehead atoms. The maximum Gasteiger partial charge on any atom is 0.244 e. The van der Waals surface area contributed by atoms with Crippen LogP contribution in [0.15, 0.2) is 42.5 Å². The average molecular weight is 540 g/mol. The number of carbonyl (C=O) groups excluding carboxylic acids is 2. The van der Waals surface area contributed by atoms with Crippen LogP contribution in [0, 0.1) is 0 Å². The topological polar surface area (TPSA) is 105 Å². The first-order chi connectivity index (χ1) is 17.0. The molecule has 36 heavy (non-hydrogen) atoms. The van der Waals surface area contributed by atoms with Gasteiger partial charge in [0.05, 0.1) is 26.2 Å². The van der Waals surface area contributed by atoms with Crippen molar-refractivity contribution < 1.29 is 27.5 Å². The summed E-state index contributed by atoms with van der Waals surface area (Å²) in [6.45, 7) is 3.63. The summed E-state index contributed by atoms with van der Waals surface area (Å²) in [7, 11) is -0.985. The van der Waals surface area contributed by atoms with E-state index in [0.717, 1.165) is 29.0 Å². The molecule has 9 nitrogen and oxygen atoms in total. The lowest BCUT2D eigenvalue weighted by atomic mass is 10.1. The number of ether oxygens (including phenoxy) is 2. The maximum absolute atomic E-state index is 13.6. The van der Waals surface area contributed by atoms with Gasteiger partial charge in [-0.2, -0.15) is 0 Å². The number of rotatable bonds is 13. The van der Waals surface area contributed by atoms with Crippen molar-refractivity contribution in [1.82, 2.24) is 10.2 Å². The molecule has 2 rings (SSSR count). The van der Waals surface area contributed by atoms with Crippen molar-refractivity contribution in [3.05, 3.63) is 53.1 Å². The SMILES string of the molecule is CCCCNC(=O)[C@H](C)N(Cc1cccc(OC)c1)C(=O)CN(c1cc(Cl)ccc1OC)S(C)(=O)=O. The molecule has 1 N–H and O–H groups in total. The van der Waals surface area contributed by atoms with Gasteiger partial charge in [0.25, 0.3) is 0 Å². The van der Waals surface area contributed by atoms with Gasteiger partial charge < -0.3 is 19.7 Å². The van der Waals surface area contributed by atoms with E-state index in [0.29, 0.717) is 12.3 Å². The van der Waals surface area contributed by atoms with Crippen LogP contribution in [0.3, 0.4) is 0 Å². The number of carbonyl (C=O) groups is 2. The molecule has 11 heteroatoms. The van der Waals surface area contributed by atoms with Gasteiger partial charge in [0.1, 0.15) is 24.1 Å². The maximum atomic E-state index is 13.6. The second-order valence-electron chi connectivity index (χ2n) is 8.28. The molecule has 0 heterocycles. The smallest absolute Gasteiger partial charge is 0.244 e. The number of unbranched alkanes of at least 4 members (excludes halogenated alkanes) is 1. The van der Waals surface area contributed by atoms with Crippen LogP contribution >= 0.6 is 11.6 Å². The van der Waals surface area contributed by atoms with Crippen molar-refractivity contribution in [2.45, 2.75) is 39.3 Å². The zero-order chi connectivity index (χ0) is 26.9. The zero-order valence-corrected chi connectivity index (χ0v) is 22.9. The van der Waals surface area contributed by atoms with Gasteiger partial charge in [-0.15, -0.1) is 0 Å². The van der Waals surface area contributed by atoms with Crippen molar-refractivity contribution in [1.29, 1.82) is 0 Å². The fourth-order valence-corrected chi connectivity index (χ4v) is 4.55. The zero-order valence-electron chi connectivity index (χ0n) is 21.3. The molecule has 0 aliphatic rings. The number of amides is 2. The molecule has 0 aliphatic carbocycles. The van der Waals surface area contributed by atoms with E-state index in [4.69, 9.17) is 21.1 Å². The number of hydrogen-bond acceptors (Lipinski definition) is 6. The van der Waals surface area contributed by atoms with E-state index in [9.17, 15) is 18.0 Å². The summed E-state index contributed by atoms with van der Waals surface area (Å²) in [5.41, 5.74) is 0.851. The van der Waals surface area contributed by atoms with E-state index < -0.39 is 28.5 Å². The Morgan fingerprint density at radius 2 is 1.83 bits per heavy atom. The molecule has 2 aromatic carbocycles. The Balaban J connectivity index is 2.44. The fourth-order valence-electron chi connectivity index (χ4n) is 3.54. The molecule has 0 aromatic heterocycles. The number of nitrogens with zero attached hydrogens (tertiary/aromatic N) is 2. The molecular weight excluding hydrogens is 506 g/mol. The largest absolute Gasteiger partial charge is 0.497 e. The molecule has 0 saturated carbocycles. The highest BCUT2D eigenvalue weighted by Crippen LogP contribution is 2.33. The van der Waals surface area contributed by atoms with Crippen LogP contribution in [0.2, 0.25) is 5.02 Å². The minimum atomic E-state index is -3.92. The van der Waals surface area contributed by atoms with E-state index in [1.54, 1.807) is 37.3 Å². The number of methoxy groups -OCH3 is 2. The Morgan fingerprint density at radius 1 is 1.11 bits per heavy atom. The quantitative estimate of drug-likeness (QED) is 0.391. The van der Waals surface area contributed by atoms with Crippen LogP contribution in [0.25, 0.3) is 0 Å². The molecule has 2 amide bonds. The summed E-state index contributed by atoms with van der Waals surface area (Å²) < 4.78 is 37.0. The standard InChI is InChI=1S/C25H34ClN3O6S/c1-6-7-13-27-25(31)18(2)28(16-19-9-8-10-21(14-19)34-3)24(30)17-29(36(5,32)33)22-15-20(26)11-12-23(22)35-4/h8-12,14-15,18H,6-7,13,16-17H2,1-5H3,(H,27,31)/t18-/m0/s1. The average Bonchev–Trinajstić information content (AvgIpc) is 2.84. The molecule has 0 fully saturated rings. The van der Waals surface area contributed by atoms with E-state index in [1.165, 1.54) is 31.3 Å². The summed E-state index contributed by atoms with van der Waals surface area (Å²) in [6.07, 6.45) is 2.71. The van der Waals surface area contributed by atoms with Crippen LogP contribution < -0.4 is 19.1 Å². The van der Waals surface area contributed by atoms with Crippen LogP contribution in [0.1, 0.15) is 32.3 Å². The third-order valence-electron chi connectivity index (χ3n) is 5.57. The molecule has 0 spiro atoms. The van der Waals surface area contributed by atoms with Crippen molar-refractivity contribution in [3.8, 4) is 11.5 Å². The van der Waals surface area contributed by atoms with Crippen molar-refractivity contribution in [2.75, 3.05) is 37.9 Å². The highest BCUT2D eigenvalue weighted by atomic mass is 35.5. The van der Waals surface area contributed by atoms with Gasteiger partial charge in [0, 0.05) is 18.1 Å². The summed E-state index contributed by atoms with van der Waals surface area (Å²) in [4.78, 5) is 27.9. The fraction of sp³-hybridized carbons (Fsp3) is 0.440. The highest BCUT2D eigenvalue weighted by Gasteiger charge is 2.31. The number of benzene rings is 2. The summed E-state index contributed by atoms with van der Waals surface area (Å²) in [6, 6.07) is 10.8. The molecule has 0 saturated heterocycles. The minimum Gasteiger partial charge on any atom is -0.497 e. The third-order valence-corrected chi connectivity index (χ3v) is 6.93. The van der Waals surface area contributed by atoms with Gasteiger partial charge >= 0.3 is 0 Å². The number of anilines is 1. The second kappa shape index (κ2) is 13.4. The number of sulfonamides is 1. The van der Waals surface area contributed by atoms with Gasteiger partial charge in [0.15, 0.2) is 0 Å². The Hall–Kier alpha value is -2.98. The summed E-state index contributed by atoms with van der Waals surface area (Å²) in [5.74, 6) is -0.0574. The Bertz CT molecular complexity index is 1160. The summed E-state index contributed by atoms with van der Waals surface area (Å²) >= 11 is 6.12. The molecule has 0 aliphatic heterocycles. The van der Waals surface area contributed by atoms with E-state index in [-0.39, 0.29) is 28.9 Å². The first kappa shape index (κ1) is 29.3. The Morgan fingerprint density at radius 3 is 2.44 bits per heavy atom. The van der Waals surface area contributed by atoms with Gasteiger partial charge in [-0.1, -0.05) is 37.1 Å². The molecule has 0 unspecified atom stereocenters. The lowest BCUT2D eigenvalue weighted by molar-refractivity contribution is -0.139. The van der Waals surface area contributed by atoms with Crippen LogP contribution in [-0.4, -0.2) is 64.7 Å². The minimum absolute atomic E-state index is 0.0721. The van der Waals surface area contributed by atoms with Crippen molar-refractivity contribution >= 4 is 39.1 Å². The second-order valence-corrected chi connectivity index (χ2v) is 10.6. The molecule has 2 aromatic rings. The van der Waals surface area contributed by atoms with Gasteiger partial charge in [0.2, 0.25) is 21.8 Å². The van der Waals surface area contributed by atoms with E-state index in [2.05, 4.69) is 5.32 Å². The third kappa shape index (κ3) is 8.03. The Kier molecular flexibility index (Phi) is 10.9. The molecular formula is C25H34ClN3O6S. The normalized spacial score (nSPS) is 11.9. The molecule has 1 atom stereocenters. The number of halogens is 1. The lowest BCUT2D eigenvalue weighted by Gasteiger charge is -2.32. The predicted molar refractivity (Wildman–Crippen MR) is 141 cm³/mol. The number of nitrogens with one attached hydrogen (secondary N) is 1. The predicted octanol–water partition coefficient (Wildman–Crippen LogP) is 3.46. The number of hydrogen-bond donors (Lipinski definition) is 1. The van der Waals surface area contributed by atoms with Crippen molar-refractivity contribution in [3.63, 3.8) is 0 Å². The van der Waals surface area contributed by atoms with E-state index >= 15 is 0 Å². The van der Waals surface area contributed by atoms with E-state index in [1.807, 2.05) is 6.92 Å². The van der Waals surface area contributed by atoms with Crippen LogP contribution in [0.5, 0.6) is 11.5 Å². The van der Waals surface area contributed by atoms with Crippen LogP contribution in [-0.2, 0) is 26.2 Å². The van der Waals surface area contributed by atoms with Crippen molar-refractivity contribution in [2.24, 2.45) is 0 Å². The van der Waals surface area contributed by atoms with Gasteiger partial charge in [-0.3, -0.25) is 13.9 Å². The lowest BCUT2D eigenvalue weighted by Crippen LogP contribution is -2.51. The van der Waals surface area contributed by atoms with Crippen LogP contribution in [0.4, 0.5) is 5.69 Å².